The maximum absolute atomic E-state index is 10.9. The van der Waals surface area contributed by atoms with Crippen molar-refractivity contribution in [3.05, 3.63) is 34.3 Å². The van der Waals surface area contributed by atoms with Crippen LogP contribution >= 0.6 is 0 Å². The van der Waals surface area contributed by atoms with Crippen molar-refractivity contribution in [2.24, 2.45) is 12.9 Å². The first-order valence-corrected chi connectivity index (χ1v) is 5.79. The molecule has 10 heteroatoms. The quantitative estimate of drug-likeness (QED) is 0.383. The monoisotopic (exact) mass is 278 g/mol. The van der Waals surface area contributed by atoms with E-state index in [-0.39, 0.29) is 17.5 Å². The van der Waals surface area contributed by atoms with Gasteiger partial charge in [0.1, 0.15) is 6.20 Å². The number of anilines is 2. The number of hydrogen-bond acceptors (Lipinski definition) is 8. The van der Waals surface area contributed by atoms with Gasteiger partial charge < -0.3 is 5.32 Å². The fourth-order valence-corrected chi connectivity index (χ4v) is 1.63. The minimum absolute atomic E-state index is 0.111. The number of nitrogens with zero attached hydrogens (tertiary/aromatic N) is 5. The third-order valence-electron chi connectivity index (χ3n) is 2.56. The molecule has 0 aliphatic rings. The van der Waals surface area contributed by atoms with Gasteiger partial charge in [0.25, 0.3) is 0 Å². The highest BCUT2D eigenvalue weighted by molar-refractivity contribution is 5.56. The number of nitro groups is 1. The molecule has 20 heavy (non-hydrogen) atoms. The SMILES string of the molecule is Cn1cc(CCNc2nc(NN)ncc2[N+](=O)[O-])cn1. The van der Waals surface area contributed by atoms with Gasteiger partial charge >= 0.3 is 5.69 Å². The average Bonchev–Trinajstić information content (AvgIpc) is 2.84. The molecule has 0 amide bonds. The number of rotatable bonds is 6. The van der Waals surface area contributed by atoms with Gasteiger partial charge in [-0.05, 0) is 12.0 Å². The van der Waals surface area contributed by atoms with E-state index in [0.29, 0.717) is 13.0 Å². The zero-order chi connectivity index (χ0) is 14.5. The summed E-state index contributed by atoms with van der Waals surface area (Å²) in [5.41, 5.74) is 3.07. The van der Waals surface area contributed by atoms with Crippen LogP contribution in [0.3, 0.4) is 0 Å². The fourth-order valence-electron chi connectivity index (χ4n) is 1.63. The van der Waals surface area contributed by atoms with Crippen molar-refractivity contribution in [3.8, 4) is 0 Å². The molecule has 4 N–H and O–H groups in total. The Labute approximate surface area is 114 Å². The van der Waals surface area contributed by atoms with E-state index in [0.717, 1.165) is 11.8 Å². The minimum atomic E-state index is -0.549. The van der Waals surface area contributed by atoms with Gasteiger partial charge in [0.05, 0.1) is 11.1 Å². The molecule has 0 radical (unpaired) electrons. The Morgan fingerprint density at radius 3 is 2.90 bits per heavy atom. The lowest BCUT2D eigenvalue weighted by Crippen LogP contribution is -2.14. The summed E-state index contributed by atoms with van der Waals surface area (Å²) in [6, 6.07) is 0. The molecule has 0 bridgehead atoms. The number of aryl methyl sites for hydroxylation is 1. The normalized spacial score (nSPS) is 10.3. The standard InChI is InChI=1S/C10H14N8O2/c1-17-6-7(4-14-17)2-3-12-9-8(18(19)20)5-13-10(15-9)16-11/h4-6H,2-3,11H2,1H3,(H2,12,13,15,16). The number of nitrogens with one attached hydrogen (secondary N) is 2. The number of nitrogen functional groups attached to an aromatic ring is 1. The van der Waals surface area contributed by atoms with Crippen LogP contribution in [0.5, 0.6) is 0 Å². The Kier molecular flexibility index (Phi) is 4.05. The van der Waals surface area contributed by atoms with Crippen LogP contribution in [0.2, 0.25) is 0 Å². The van der Waals surface area contributed by atoms with Crippen molar-refractivity contribution < 1.29 is 4.92 Å². The highest BCUT2D eigenvalue weighted by Crippen LogP contribution is 2.21. The van der Waals surface area contributed by atoms with E-state index in [4.69, 9.17) is 5.84 Å². The summed E-state index contributed by atoms with van der Waals surface area (Å²) in [5, 5.41) is 17.8. The molecule has 106 valence electrons. The topological polar surface area (TPSA) is 137 Å². The molecule has 0 atom stereocenters. The summed E-state index contributed by atoms with van der Waals surface area (Å²) < 4.78 is 1.69. The summed E-state index contributed by atoms with van der Waals surface area (Å²) in [4.78, 5) is 18.0. The van der Waals surface area contributed by atoms with E-state index in [1.54, 1.807) is 10.9 Å². The average molecular weight is 278 g/mol. The molecule has 0 aromatic carbocycles. The van der Waals surface area contributed by atoms with Crippen LogP contribution in [-0.4, -0.2) is 31.2 Å². The minimum Gasteiger partial charge on any atom is -0.364 e. The van der Waals surface area contributed by atoms with E-state index in [1.807, 2.05) is 13.2 Å². The van der Waals surface area contributed by atoms with E-state index < -0.39 is 4.92 Å². The number of hydrazine groups is 1. The highest BCUT2D eigenvalue weighted by atomic mass is 16.6. The first-order valence-electron chi connectivity index (χ1n) is 5.79. The molecule has 0 fully saturated rings. The molecule has 2 heterocycles. The molecule has 2 aromatic heterocycles. The number of nitrogens with two attached hydrogens (primary N) is 1. The molecule has 0 unspecified atom stereocenters. The van der Waals surface area contributed by atoms with Crippen LogP contribution in [0.1, 0.15) is 5.56 Å². The van der Waals surface area contributed by atoms with E-state index in [1.165, 1.54) is 0 Å². The van der Waals surface area contributed by atoms with Gasteiger partial charge in [-0.2, -0.15) is 10.1 Å². The molecule has 0 aliphatic heterocycles. The first-order chi connectivity index (χ1) is 9.60. The predicted octanol–water partition coefficient (Wildman–Crippen LogP) is 0.0585. The molecule has 0 spiro atoms. The van der Waals surface area contributed by atoms with Gasteiger partial charge in [-0.1, -0.05) is 0 Å². The second kappa shape index (κ2) is 5.93. The van der Waals surface area contributed by atoms with Crippen LogP contribution in [0.15, 0.2) is 18.6 Å². The molecule has 2 aromatic rings. The number of aromatic nitrogens is 4. The van der Waals surface area contributed by atoms with Crippen LogP contribution in [0.25, 0.3) is 0 Å². The van der Waals surface area contributed by atoms with Crippen molar-refractivity contribution in [1.82, 2.24) is 19.7 Å². The highest BCUT2D eigenvalue weighted by Gasteiger charge is 2.16. The van der Waals surface area contributed by atoms with Crippen molar-refractivity contribution in [2.45, 2.75) is 6.42 Å². The van der Waals surface area contributed by atoms with Crippen molar-refractivity contribution >= 4 is 17.5 Å². The zero-order valence-electron chi connectivity index (χ0n) is 10.8. The van der Waals surface area contributed by atoms with E-state index in [2.05, 4.69) is 25.8 Å². The summed E-state index contributed by atoms with van der Waals surface area (Å²) in [6.45, 7) is 0.480. The van der Waals surface area contributed by atoms with Crippen molar-refractivity contribution in [3.63, 3.8) is 0 Å². The molecule has 2 rings (SSSR count). The third-order valence-corrected chi connectivity index (χ3v) is 2.56. The van der Waals surface area contributed by atoms with Crippen LogP contribution in [-0.2, 0) is 13.5 Å². The Hall–Kier alpha value is -2.75. The summed E-state index contributed by atoms with van der Waals surface area (Å²) >= 11 is 0. The first kappa shape index (κ1) is 13.7. The number of hydrogen-bond donors (Lipinski definition) is 3. The van der Waals surface area contributed by atoms with Gasteiger partial charge in [-0.3, -0.25) is 20.2 Å². The maximum Gasteiger partial charge on any atom is 0.329 e. The second-order valence-corrected chi connectivity index (χ2v) is 4.03. The fraction of sp³-hybridized carbons (Fsp3) is 0.300. The Balaban J connectivity index is 2.05. The van der Waals surface area contributed by atoms with E-state index >= 15 is 0 Å². The van der Waals surface area contributed by atoms with Crippen LogP contribution in [0, 0.1) is 10.1 Å². The molecule has 10 nitrogen and oxygen atoms in total. The summed E-state index contributed by atoms with van der Waals surface area (Å²) in [5.74, 6) is 5.42. The van der Waals surface area contributed by atoms with Crippen LogP contribution < -0.4 is 16.6 Å². The van der Waals surface area contributed by atoms with Gasteiger partial charge in [-0.15, -0.1) is 0 Å². The molecule has 0 saturated carbocycles. The Bertz CT molecular complexity index is 611. The summed E-state index contributed by atoms with van der Waals surface area (Å²) in [6.07, 6.45) is 5.39. The largest absolute Gasteiger partial charge is 0.364 e. The van der Waals surface area contributed by atoms with Crippen LogP contribution in [0.4, 0.5) is 17.5 Å². The Morgan fingerprint density at radius 2 is 2.30 bits per heavy atom. The lowest BCUT2D eigenvalue weighted by atomic mass is 10.2. The van der Waals surface area contributed by atoms with Gasteiger partial charge in [0, 0.05) is 19.8 Å². The molecule has 0 saturated heterocycles. The predicted molar refractivity (Wildman–Crippen MR) is 71.9 cm³/mol. The molecular formula is C10H14N8O2. The van der Waals surface area contributed by atoms with Crippen molar-refractivity contribution in [1.29, 1.82) is 0 Å². The third kappa shape index (κ3) is 3.17. The molecular weight excluding hydrogens is 264 g/mol. The zero-order valence-corrected chi connectivity index (χ0v) is 10.8. The van der Waals surface area contributed by atoms with E-state index in [9.17, 15) is 10.1 Å². The van der Waals surface area contributed by atoms with Gasteiger partial charge in [0.2, 0.25) is 11.8 Å². The maximum atomic E-state index is 10.9. The lowest BCUT2D eigenvalue weighted by Gasteiger charge is -2.06. The second-order valence-electron chi connectivity index (χ2n) is 4.03. The van der Waals surface area contributed by atoms with Gasteiger partial charge in [0.15, 0.2) is 0 Å². The Morgan fingerprint density at radius 1 is 1.50 bits per heavy atom. The van der Waals surface area contributed by atoms with Gasteiger partial charge in [-0.25, -0.2) is 10.8 Å². The van der Waals surface area contributed by atoms with Crippen molar-refractivity contribution in [2.75, 3.05) is 17.3 Å². The summed E-state index contributed by atoms with van der Waals surface area (Å²) in [7, 11) is 1.82. The lowest BCUT2D eigenvalue weighted by molar-refractivity contribution is -0.384. The molecule has 0 aliphatic carbocycles. The smallest absolute Gasteiger partial charge is 0.329 e.